The van der Waals surface area contributed by atoms with Gasteiger partial charge in [-0.2, -0.15) is 0 Å². The summed E-state index contributed by atoms with van der Waals surface area (Å²) in [4.78, 5) is 42.1. The van der Waals surface area contributed by atoms with Gasteiger partial charge in [0.15, 0.2) is 5.78 Å². The van der Waals surface area contributed by atoms with Crippen molar-refractivity contribution in [3.63, 3.8) is 0 Å². The van der Waals surface area contributed by atoms with E-state index in [2.05, 4.69) is 15.6 Å². The fraction of sp³-hybridized carbons (Fsp3) is 0.320. The summed E-state index contributed by atoms with van der Waals surface area (Å²) in [7, 11) is 0. The highest BCUT2D eigenvalue weighted by Gasteiger charge is 2.43. The van der Waals surface area contributed by atoms with Gasteiger partial charge in [-0.15, -0.1) is 0 Å². The summed E-state index contributed by atoms with van der Waals surface area (Å²) < 4.78 is 0. The number of allylic oxidation sites excluding steroid dienone is 3. The molecule has 1 aromatic heterocycles. The van der Waals surface area contributed by atoms with Gasteiger partial charge in [-0.3, -0.25) is 19.7 Å². The molecular formula is C25H25ClN4O4. The van der Waals surface area contributed by atoms with Crippen molar-refractivity contribution < 1.29 is 14.5 Å². The molecule has 2 aromatic rings. The lowest BCUT2D eigenvalue weighted by Crippen LogP contribution is -2.39. The number of anilines is 1. The zero-order chi connectivity index (χ0) is 24.8. The van der Waals surface area contributed by atoms with Crippen LogP contribution in [0.15, 0.2) is 59.1 Å². The first-order chi connectivity index (χ1) is 16.0. The van der Waals surface area contributed by atoms with E-state index in [9.17, 15) is 19.7 Å². The van der Waals surface area contributed by atoms with Crippen molar-refractivity contribution in [3.05, 3.63) is 85.3 Å². The molecule has 2 N–H and O–H groups in total. The van der Waals surface area contributed by atoms with E-state index in [1.54, 1.807) is 25.3 Å². The van der Waals surface area contributed by atoms with E-state index in [0.29, 0.717) is 41.1 Å². The molecule has 0 saturated carbocycles. The molecule has 176 valence electrons. The van der Waals surface area contributed by atoms with Crippen molar-refractivity contribution in [2.75, 3.05) is 5.32 Å². The first-order valence-corrected chi connectivity index (χ1v) is 11.3. The molecule has 1 atom stereocenters. The van der Waals surface area contributed by atoms with Crippen LogP contribution in [0, 0.1) is 22.5 Å². The summed E-state index contributed by atoms with van der Waals surface area (Å²) in [6.07, 6.45) is 2.53. The number of dihydropyridines is 1. The molecule has 9 heteroatoms. The minimum absolute atomic E-state index is 0.0105. The second-order valence-electron chi connectivity index (χ2n) is 9.57. The third-order valence-electron chi connectivity index (χ3n) is 6.14. The molecule has 0 bridgehead atoms. The van der Waals surface area contributed by atoms with E-state index < -0.39 is 16.7 Å². The van der Waals surface area contributed by atoms with Crippen molar-refractivity contribution in [2.24, 2.45) is 5.41 Å². The number of carbonyl (C=O) groups excluding carboxylic acids is 2. The molecule has 1 aromatic carbocycles. The van der Waals surface area contributed by atoms with Gasteiger partial charge >= 0.3 is 0 Å². The van der Waals surface area contributed by atoms with Crippen LogP contribution in [0.2, 0.25) is 5.02 Å². The maximum absolute atomic E-state index is 13.5. The molecule has 1 unspecified atom stereocenters. The Morgan fingerprint density at radius 3 is 2.65 bits per heavy atom. The first-order valence-electron chi connectivity index (χ1n) is 10.9. The largest absolute Gasteiger partial charge is 0.362 e. The number of aromatic nitrogens is 1. The summed E-state index contributed by atoms with van der Waals surface area (Å²) in [6, 6.07) is 7.97. The number of nitro benzene ring substituents is 1. The number of rotatable bonds is 4. The number of hydrogen-bond donors (Lipinski definition) is 2. The summed E-state index contributed by atoms with van der Waals surface area (Å²) in [5.41, 5.74) is 2.96. The molecule has 1 amide bonds. The van der Waals surface area contributed by atoms with E-state index >= 15 is 0 Å². The van der Waals surface area contributed by atoms with Crippen molar-refractivity contribution in [3.8, 4) is 0 Å². The maximum atomic E-state index is 13.5. The van der Waals surface area contributed by atoms with Gasteiger partial charge in [-0.25, -0.2) is 4.98 Å². The summed E-state index contributed by atoms with van der Waals surface area (Å²) in [6.45, 7) is 7.69. The number of halogens is 1. The number of hydrogen-bond acceptors (Lipinski definition) is 6. The van der Waals surface area contributed by atoms with Gasteiger partial charge in [0.2, 0.25) is 0 Å². The van der Waals surface area contributed by atoms with Crippen molar-refractivity contribution >= 4 is 34.8 Å². The maximum Gasteiger partial charge on any atom is 0.288 e. The Bertz CT molecular complexity index is 1300. The number of ketones is 1. The molecule has 0 spiro atoms. The molecule has 8 nitrogen and oxygen atoms in total. The molecule has 0 radical (unpaired) electrons. The summed E-state index contributed by atoms with van der Waals surface area (Å²) in [5.74, 6) is -0.926. The lowest BCUT2D eigenvalue weighted by molar-refractivity contribution is -0.384. The molecule has 4 rings (SSSR count). The minimum Gasteiger partial charge on any atom is -0.362 e. The van der Waals surface area contributed by atoms with Crippen LogP contribution in [0.5, 0.6) is 0 Å². The molecule has 34 heavy (non-hydrogen) atoms. The number of aryl methyl sites for hydroxylation is 1. The van der Waals surface area contributed by atoms with Crippen LogP contribution in [-0.4, -0.2) is 21.6 Å². The molecular weight excluding hydrogens is 456 g/mol. The third-order valence-corrected chi connectivity index (χ3v) is 6.46. The lowest BCUT2D eigenvalue weighted by Gasteiger charge is -2.39. The number of nitrogens with zero attached hydrogens (tertiary/aromatic N) is 2. The van der Waals surface area contributed by atoms with Gasteiger partial charge in [0.05, 0.1) is 4.92 Å². The van der Waals surface area contributed by atoms with Crippen molar-refractivity contribution in [2.45, 2.75) is 46.5 Å². The summed E-state index contributed by atoms with van der Waals surface area (Å²) >= 11 is 6.05. The van der Waals surface area contributed by atoms with Crippen LogP contribution in [0.1, 0.15) is 50.7 Å². The monoisotopic (exact) mass is 480 g/mol. The zero-order valence-corrected chi connectivity index (χ0v) is 20.1. The fourth-order valence-electron chi connectivity index (χ4n) is 4.71. The average molecular weight is 481 g/mol. The van der Waals surface area contributed by atoms with E-state index in [-0.39, 0.29) is 21.9 Å². The smallest absolute Gasteiger partial charge is 0.288 e. The van der Waals surface area contributed by atoms with Gasteiger partial charge in [0.25, 0.3) is 11.6 Å². The van der Waals surface area contributed by atoms with Crippen LogP contribution >= 0.6 is 11.6 Å². The Labute approximate surface area is 202 Å². The van der Waals surface area contributed by atoms with Gasteiger partial charge in [-0.05, 0) is 55.0 Å². The number of Topliss-reactive ketones (excluding diaryl/α,β-unsaturated/α-hetero) is 1. The number of benzene rings is 1. The molecule has 1 aliphatic heterocycles. The Morgan fingerprint density at radius 2 is 1.97 bits per heavy atom. The normalized spacial score (nSPS) is 19.4. The molecule has 0 fully saturated rings. The highest BCUT2D eigenvalue weighted by Crippen LogP contribution is 2.47. The summed E-state index contributed by atoms with van der Waals surface area (Å²) in [5, 5.41) is 17.7. The second kappa shape index (κ2) is 8.68. The predicted molar refractivity (Wildman–Crippen MR) is 129 cm³/mol. The number of nitrogens with one attached hydrogen (secondary N) is 2. The highest BCUT2D eigenvalue weighted by molar-refractivity contribution is 6.32. The van der Waals surface area contributed by atoms with Gasteiger partial charge < -0.3 is 10.6 Å². The highest BCUT2D eigenvalue weighted by atomic mass is 35.5. The van der Waals surface area contributed by atoms with Crippen LogP contribution in [0.3, 0.4) is 0 Å². The van der Waals surface area contributed by atoms with Gasteiger partial charge in [0, 0.05) is 47.1 Å². The number of amides is 1. The van der Waals surface area contributed by atoms with Crippen molar-refractivity contribution in [1.82, 2.24) is 10.3 Å². The van der Waals surface area contributed by atoms with Gasteiger partial charge in [-0.1, -0.05) is 31.5 Å². The zero-order valence-electron chi connectivity index (χ0n) is 19.4. The quantitative estimate of drug-likeness (QED) is 0.459. The molecule has 2 aliphatic rings. The lowest BCUT2D eigenvalue weighted by atomic mass is 9.68. The standard InChI is InChI=1S/C25H25ClN4O4/c1-13-7-8-27-20(9-13)29-24(32)21-14(2)28-17-11-25(3,4)12-19(31)23(17)22(21)15-5-6-16(26)18(10-15)30(33)34/h5-10,22,28H,11-12H2,1-4H3,(H,27,29,32). The molecule has 1 aliphatic carbocycles. The Kier molecular flexibility index (Phi) is 6.03. The van der Waals surface area contributed by atoms with E-state index in [1.165, 1.54) is 12.1 Å². The van der Waals surface area contributed by atoms with E-state index in [1.807, 2.05) is 26.8 Å². The Hall–Kier alpha value is -3.52. The second-order valence-corrected chi connectivity index (χ2v) is 9.98. The minimum atomic E-state index is -0.777. The SMILES string of the molecule is CC1=C(C(=O)Nc2cc(C)ccn2)C(c2ccc(Cl)c([N+](=O)[O-])c2)C2=C(CC(C)(C)CC2=O)N1. The molecule has 2 heterocycles. The van der Waals surface area contributed by atoms with E-state index in [0.717, 1.165) is 11.3 Å². The number of nitro groups is 1. The van der Waals surface area contributed by atoms with Crippen LogP contribution < -0.4 is 10.6 Å². The van der Waals surface area contributed by atoms with Gasteiger partial charge in [0.1, 0.15) is 10.8 Å². The number of carbonyl (C=O) groups is 2. The van der Waals surface area contributed by atoms with Crippen molar-refractivity contribution in [1.29, 1.82) is 0 Å². The number of pyridine rings is 1. The predicted octanol–water partition coefficient (Wildman–Crippen LogP) is 5.19. The van der Waals surface area contributed by atoms with E-state index in [4.69, 9.17) is 11.6 Å². The average Bonchev–Trinajstić information content (AvgIpc) is 2.71. The van der Waals surface area contributed by atoms with Crippen LogP contribution in [-0.2, 0) is 9.59 Å². The third kappa shape index (κ3) is 4.46. The Morgan fingerprint density at radius 1 is 1.24 bits per heavy atom. The molecule has 0 saturated heterocycles. The fourth-order valence-corrected chi connectivity index (χ4v) is 4.89. The topological polar surface area (TPSA) is 114 Å². The van der Waals surface area contributed by atoms with Crippen LogP contribution in [0.25, 0.3) is 0 Å². The Balaban J connectivity index is 1.86. The first kappa shape index (κ1) is 23.6. The van der Waals surface area contributed by atoms with Crippen LogP contribution in [0.4, 0.5) is 11.5 Å².